The molecule has 8 nitrogen and oxygen atoms in total. The summed E-state index contributed by atoms with van der Waals surface area (Å²) < 4.78 is 15.0. The maximum atomic E-state index is 11.7. The molecule has 26 heavy (non-hydrogen) atoms. The zero-order valence-electron chi connectivity index (χ0n) is 14.1. The normalized spacial score (nSPS) is 10.1. The van der Waals surface area contributed by atoms with Gasteiger partial charge in [-0.25, -0.2) is 4.79 Å². The molecule has 1 aromatic heterocycles. The second-order valence-electron chi connectivity index (χ2n) is 5.30. The highest BCUT2D eigenvalue weighted by Crippen LogP contribution is 2.26. The van der Waals surface area contributed by atoms with E-state index in [0.717, 1.165) is 11.1 Å². The number of esters is 1. The number of carbonyl (C=O) groups is 3. The molecule has 0 aliphatic carbocycles. The minimum Gasteiger partial charge on any atom is -0.481 e. The van der Waals surface area contributed by atoms with Crippen LogP contribution in [0.5, 0.6) is 5.75 Å². The van der Waals surface area contributed by atoms with Crippen LogP contribution in [0.1, 0.15) is 21.7 Å². The average molecular weight is 381 g/mol. The van der Waals surface area contributed by atoms with Gasteiger partial charge in [-0.1, -0.05) is 11.6 Å². The van der Waals surface area contributed by atoms with Gasteiger partial charge in [-0.2, -0.15) is 0 Å². The lowest BCUT2D eigenvalue weighted by Crippen LogP contribution is -2.43. The first-order valence-electron chi connectivity index (χ1n) is 7.54. The number of furan rings is 1. The lowest BCUT2D eigenvalue weighted by atomic mass is 10.1. The van der Waals surface area contributed by atoms with Gasteiger partial charge < -0.3 is 13.9 Å². The van der Waals surface area contributed by atoms with Crippen LogP contribution in [0.25, 0.3) is 0 Å². The summed E-state index contributed by atoms with van der Waals surface area (Å²) in [4.78, 5) is 34.8. The molecule has 2 N–H and O–H groups in total. The predicted octanol–water partition coefficient (Wildman–Crippen LogP) is 1.93. The first-order chi connectivity index (χ1) is 12.4. The molecule has 0 fully saturated rings. The molecule has 138 valence electrons. The number of hydrogen-bond donors (Lipinski definition) is 2. The SMILES string of the molecule is Cc1cc(Cl)cc(C)c1OCC(=O)OCC(=O)NNC(=O)c1ccco1. The van der Waals surface area contributed by atoms with E-state index >= 15 is 0 Å². The Bertz CT molecular complexity index is 781. The summed E-state index contributed by atoms with van der Waals surface area (Å²) in [5, 5.41) is 0.572. The van der Waals surface area contributed by atoms with Crippen LogP contribution < -0.4 is 15.6 Å². The first-order valence-corrected chi connectivity index (χ1v) is 7.92. The van der Waals surface area contributed by atoms with Gasteiger partial charge in [-0.15, -0.1) is 0 Å². The molecule has 2 amide bonds. The smallest absolute Gasteiger partial charge is 0.344 e. The molecule has 0 aliphatic rings. The molecule has 0 atom stereocenters. The summed E-state index contributed by atoms with van der Waals surface area (Å²) in [6, 6.07) is 6.39. The van der Waals surface area contributed by atoms with Crippen LogP contribution in [0.3, 0.4) is 0 Å². The van der Waals surface area contributed by atoms with Gasteiger partial charge in [0.1, 0.15) is 5.75 Å². The highest BCUT2D eigenvalue weighted by atomic mass is 35.5. The Hall–Kier alpha value is -3.00. The number of aryl methyl sites for hydroxylation is 2. The number of benzene rings is 1. The summed E-state index contributed by atoms with van der Waals surface area (Å²) >= 11 is 5.93. The Morgan fingerprint density at radius 3 is 2.42 bits per heavy atom. The van der Waals surface area contributed by atoms with Crippen LogP contribution in [-0.2, 0) is 14.3 Å². The molecular formula is C17H17ClN2O6. The maximum absolute atomic E-state index is 11.7. The second kappa shape index (κ2) is 8.91. The van der Waals surface area contributed by atoms with Crippen molar-refractivity contribution in [2.24, 2.45) is 0 Å². The zero-order chi connectivity index (χ0) is 19.1. The quantitative estimate of drug-likeness (QED) is 0.585. The Morgan fingerprint density at radius 2 is 1.81 bits per heavy atom. The largest absolute Gasteiger partial charge is 0.481 e. The molecule has 0 unspecified atom stereocenters. The van der Waals surface area contributed by atoms with Crippen molar-refractivity contribution >= 4 is 29.4 Å². The van der Waals surface area contributed by atoms with Crippen LogP contribution in [-0.4, -0.2) is 31.0 Å². The maximum Gasteiger partial charge on any atom is 0.344 e. The molecule has 0 bridgehead atoms. The number of nitrogens with one attached hydrogen (secondary N) is 2. The molecular weight excluding hydrogens is 364 g/mol. The highest BCUT2D eigenvalue weighted by Gasteiger charge is 2.13. The third kappa shape index (κ3) is 5.52. The Kier molecular flexibility index (Phi) is 6.62. The Morgan fingerprint density at radius 1 is 1.12 bits per heavy atom. The molecule has 0 radical (unpaired) electrons. The zero-order valence-corrected chi connectivity index (χ0v) is 14.9. The Balaban J connectivity index is 1.71. The lowest BCUT2D eigenvalue weighted by molar-refractivity contribution is -0.150. The molecule has 0 saturated carbocycles. The third-order valence-corrected chi connectivity index (χ3v) is 3.40. The van der Waals surface area contributed by atoms with Crippen molar-refractivity contribution in [3.63, 3.8) is 0 Å². The van der Waals surface area contributed by atoms with Crippen LogP contribution in [0.2, 0.25) is 5.02 Å². The molecule has 0 saturated heterocycles. The predicted molar refractivity (Wildman–Crippen MR) is 91.7 cm³/mol. The summed E-state index contributed by atoms with van der Waals surface area (Å²) in [6.07, 6.45) is 1.32. The van der Waals surface area contributed by atoms with Crippen molar-refractivity contribution in [3.8, 4) is 5.75 Å². The number of rotatable bonds is 6. The lowest BCUT2D eigenvalue weighted by Gasteiger charge is -2.12. The summed E-state index contributed by atoms with van der Waals surface area (Å²) in [7, 11) is 0. The third-order valence-electron chi connectivity index (χ3n) is 3.18. The van der Waals surface area contributed by atoms with E-state index < -0.39 is 24.4 Å². The first kappa shape index (κ1) is 19.3. The van der Waals surface area contributed by atoms with Gasteiger partial charge in [0, 0.05) is 5.02 Å². The number of hydrazine groups is 1. The number of hydrogen-bond acceptors (Lipinski definition) is 6. The van der Waals surface area contributed by atoms with Crippen LogP contribution in [0, 0.1) is 13.8 Å². The van der Waals surface area contributed by atoms with Gasteiger partial charge >= 0.3 is 11.9 Å². The van der Waals surface area contributed by atoms with Crippen molar-refractivity contribution in [1.29, 1.82) is 0 Å². The van der Waals surface area contributed by atoms with Gasteiger partial charge in [0.05, 0.1) is 6.26 Å². The minimum absolute atomic E-state index is 0.0319. The number of ether oxygens (including phenoxy) is 2. The number of amides is 2. The van der Waals surface area contributed by atoms with E-state index in [4.69, 9.17) is 25.5 Å². The van der Waals surface area contributed by atoms with Gasteiger partial charge in [0.15, 0.2) is 19.0 Å². The monoisotopic (exact) mass is 380 g/mol. The van der Waals surface area contributed by atoms with Gasteiger partial charge in [-0.05, 0) is 49.2 Å². The molecule has 2 aromatic rings. The second-order valence-corrected chi connectivity index (χ2v) is 5.73. The van der Waals surface area contributed by atoms with Crippen LogP contribution in [0.4, 0.5) is 0 Å². The highest BCUT2D eigenvalue weighted by molar-refractivity contribution is 6.30. The van der Waals surface area contributed by atoms with Gasteiger partial charge in [-0.3, -0.25) is 20.4 Å². The fraction of sp³-hybridized carbons (Fsp3) is 0.235. The van der Waals surface area contributed by atoms with Crippen LogP contribution >= 0.6 is 11.6 Å². The van der Waals surface area contributed by atoms with E-state index in [1.54, 1.807) is 26.0 Å². The molecule has 1 aromatic carbocycles. The number of carbonyl (C=O) groups excluding carboxylic acids is 3. The fourth-order valence-corrected chi connectivity index (χ4v) is 2.40. The molecule has 0 spiro atoms. The summed E-state index contributed by atoms with van der Waals surface area (Å²) in [5.74, 6) is -1.51. The van der Waals surface area contributed by atoms with Crippen molar-refractivity contribution in [2.45, 2.75) is 13.8 Å². The molecule has 9 heteroatoms. The van der Waals surface area contributed by atoms with Crippen LogP contribution in [0.15, 0.2) is 34.9 Å². The van der Waals surface area contributed by atoms with Crippen molar-refractivity contribution in [1.82, 2.24) is 10.9 Å². The van der Waals surface area contributed by atoms with E-state index in [1.165, 1.54) is 18.4 Å². The van der Waals surface area contributed by atoms with E-state index in [2.05, 4.69) is 10.9 Å². The number of halogens is 1. The van der Waals surface area contributed by atoms with Gasteiger partial charge in [0.25, 0.3) is 5.91 Å². The summed E-state index contributed by atoms with van der Waals surface area (Å²) in [5.41, 5.74) is 5.77. The molecule has 0 aliphatic heterocycles. The van der Waals surface area contributed by atoms with E-state index in [0.29, 0.717) is 10.8 Å². The van der Waals surface area contributed by atoms with E-state index in [9.17, 15) is 14.4 Å². The van der Waals surface area contributed by atoms with Crippen molar-refractivity contribution in [3.05, 3.63) is 52.4 Å². The molecule has 1 heterocycles. The van der Waals surface area contributed by atoms with Gasteiger partial charge in [0.2, 0.25) is 0 Å². The van der Waals surface area contributed by atoms with Crippen molar-refractivity contribution < 1.29 is 28.3 Å². The minimum atomic E-state index is -0.730. The fourth-order valence-electron chi connectivity index (χ4n) is 2.08. The Labute approximate surface area is 154 Å². The topological polar surface area (TPSA) is 107 Å². The average Bonchev–Trinajstić information content (AvgIpc) is 3.11. The molecule has 2 rings (SSSR count). The van der Waals surface area contributed by atoms with E-state index in [-0.39, 0.29) is 12.4 Å². The standard InChI is InChI=1S/C17H17ClN2O6/c1-10-6-12(18)7-11(2)16(10)26-9-15(22)25-8-14(21)19-20-17(23)13-4-3-5-24-13/h3-7H,8-9H2,1-2H3,(H,19,21)(H,20,23). The summed E-state index contributed by atoms with van der Waals surface area (Å²) in [6.45, 7) is 2.66. The van der Waals surface area contributed by atoms with Crippen molar-refractivity contribution in [2.75, 3.05) is 13.2 Å². The van der Waals surface area contributed by atoms with E-state index in [1.807, 2.05) is 0 Å².